The molecule has 0 saturated carbocycles. The average molecular weight is 269 g/mol. The van der Waals surface area contributed by atoms with Crippen LogP contribution in [0, 0.1) is 18.8 Å². The summed E-state index contributed by atoms with van der Waals surface area (Å²) < 4.78 is 0. The molecule has 18 heavy (non-hydrogen) atoms. The number of aliphatic hydroxyl groups is 1. The van der Waals surface area contributed by atoms with Crippen molar-refractivity contribution >= 4 is 11.3 Å². The highest BCUT2D eigenvalue weighted by Crippen LogP contribution is 2.24. The topological polar surface area (TPSA) is 32.3 Å². The van der Waals surface area contributed by atoms with Gasteiger partial charge in [0.05, 0.1) is 0 Å². The maximum absolute atomic E-state index is 9.12. The van der Waals surface area contributed by atoms with Crippen LogP contribution in [-0.4, -0.2) is 18.3 Å². The zero-order valence-corrected chi connectivity index (χ0v) is 12.9. The Hall–Kier alpha value is -0.380. The first-order valence-corrected chi connectivity index (χ1v) is 7.80. The van der Waals surface area contributed by atoms with Crippen LogP contribution >= 0.6 is 11.3 Å². The fourth-order valence-electron chi connectivity index (χ4n) is 2.42. The lowest BCUT2D eigenvalue weighted by Gasteiger charge is -2.21. The van der Waals surface area contributed by atoms with Crippen molar-refractivity contribution in [2.45, 2.75) is 46.6 Å². The Morgan fingerprint density at radius 1 is 1.33 bits per heavy atom. The summed E-state index contributed by atoms with van der Waals surface area (Å²) in [6.07, 6.45) is 2.09. The fourth-order valence-corrected chi connectivity index (χ4v) is 3.38. The molecule has 0 spiro atoms. The second-order valence-corrected chi connectivity index (χ2v) is 6.55. The molecule has 0 fully saturated rings. The van der Waals surface area contributed by atoms with Gasteiger partial charge in [0, 0.05) is 17.5 Å². The van der Waals surface area contributed by atoms with Crippen molar-refractivity contribution < 1.29 is 5.11 Å². The summed E-state index contributed by atoms with van der Waals surface area (Å²) in [6, 6.07) is 2.59. The van der Waals surface area contributed by atoms with Crippen LogP contribution in [0.1, 0.15) is 50.1 Å². The number of thiophene rings is 1. The monoisotopic (exact) mass is 269 g/mol. The molecule has 1 aromatic rings. The summed E-state index contributed by atoms with van der Waals surface area (Å²) in [5.41, 5.74) is 1.38. The van der Waals surface area contributed by atoms with Crippen molar-refractivity contribution in [2.75, 3.05) is 13.2 Å². The van der Waals surface area contributed by atoms with Crippen LogP contribution in [0.15, 0.2) is 11.4 Å². The van der Waals surface area contributed by atoms with Gasteiger partial charge in [-0.2, -0.15) is 0 Å². The molecule has 1 heterocycles. The van der Waals surface area contributed by atoms with Crippen molar-refractivity contribution in [1.82, 2.24) is 5.32 Å². The zero-order chi connectivity index (χ0) is 13.5. The minimum Gasteiger partial charge on any atom is -0.396 e. The zero-order valence-electron chi connectivity index (χ0n) is 12.1. The summed E-state index contributed by atoms with van der Waals surface area (Å²) in [5, 5.41) is 14.9. The number of aliphatic hydroxyl groups excluding tert-OH is 1. The molecule has 0 amide bonds. The van der Waals surface area contributed by atoms with E-state index < -0.39 is 0 Å². The SMILES string of the molecule is Cc1ccsc1C(C)NCC(CCO)CC(C)C. The number of aryl methyl sites for hydroxylation is 1. The van der Waals surface area contributed by atoms with Crippen molar-refractivity contribution in [2.24, 2.45) is 11.8 Å². The molecular formula is C15H27NOS. The molecule has 0 aliphatic heterocycles. The van der Waals surface area contributed by atoms with E-state index in [2.05, 4.69) is 44.5 Å². The molecule has 0 bridgehead atoms. The summed E-state index contributed by atoms with van der Waals surface area (Å²) in [6.45, 7) is 10.2. The van der Waals surface area contributed by atoms with Gasteiger partial charge in [-0.1, -0.05) is 13.8 Å². The van der Waals surface area contributed by atoms with Crippen LogP contribution in [0.5, 0.6) is 0 Å². The number of nitrogens with one attached hydrogen (secondary N) is 1. The Bertz CT molecular complexity index is 335. The predicted octanol–water partition coefficient (Wildman–Crippen LogP) is 3.75. The molecule has 0 saturated heterocycles. The Morgan fingerprint density at radius 3 is 2.56 bits per heavy atom. The van der Waals surface area contributed by atoms with Crippen LogP contribution in [0.3, 0.4) is 0 Å². The molecule has 0 radical (unpaired) electrons. The number of hydrogen-bond acceptors (Lipinski definition) is 3. The van der Waals surface area contributed by atoms with Gasteiger partial charge in [-0.05, 0) is 62.1 Å². The van der Waals surface area contributed by atoms with Gasteiger partial charge >= 0.3 is 0 Å². The number of rotatable bonds is 8. The summed E-state index contributed by atoms with van der Waals surface area (Å²) in [4.78, 5) is 1.43. The standard InChI is InChI=1S/C15H27NOS/c1-11(2)9-14(5-7-17)10-16-13(4)15-12(3)6-8-18-15/h6,8,11,13-14,16-17H,5,7,9-10H2,1-4H3. The van der Waals surface area contributed by atoms with Gasteiger partial charge in [-0.3, -0.25) is 0 Å². The molecule has 3 heteroatoms. The Labute approximate surface area is 115 Å². The highest BCUT2D eigenvalue weighted by molar-refractivity contribution is 7.10. The molecule has 2 nitrogen and oxygen atoms in total. The molecule has 2 atom stereocenters. The molecule has 2 N–H and O–H groups in total. The third-order valence-electron chi connectivity index (χ3n) is 3.35. The van der Waals surface area contributed by atoms with Crippen molar-refractivity contribution in [3.8, 4) is 0 Å². The molecule has 104 valence electrons. The third kappa shape index (κ3) is 5.09. The fraction of sp³-hybridized carbons (Fsp3) is 0.733. The van der Waals surface area contributed by atoms with E-state index in [-0.39, 0.29) is 0 Å². The van der Waals surface area contributed by atoms with Crippen LogP contribution in [-0.2, 0) is 0 Å². The second-order valence-electron chi connectivity index (χ2n) is 5.61. The lowest BCUT2D eigenvalue weighted by Crippen LogP contribution is -2.27. The minimum absolute atomic E-state index is 0.297. The van der Waals surface area contributed by atoms with E-state index >= 15 is 0 Å². The van der Waals surface area contributed by atoms with E-state index in [1.54, 1.807) is 0 Å². The predicted molar refractivity (Wildman–Crippen MR) is 80.1 cm³/mol. The smallest absolute Gasteiger partial charge is 0.0434 e. The van der Waals surface area contributed by atoms with E-state index in [1.165, 1.54) is 16.9 Å². The van der Waals surface area contributed by atoms with Gasteiger partial charge < -0.3 is 10.4 Å². The first kappa shape index (κ1) is 15.7. The first-order chi connectivity index (χ1) is 8.54. The normalized spacial score (nSPS) is 15.0. The molecular weight excluding hydrogens is 242 g/mol. The van der Waals surface area contributed by atoms with Crippen molar-refractivity contribution in [3.05, 3.63) is 21.9 Å². The van der Waals surface area contributed by atoms with E-state index in [0.29, 0.717) is 24.5 Å². The van der Waals surface area contributed by atoms with Gasteiger partial charge in [0.2, 0.25) is 0 Å². The molecule has 2 unspecified atom stereocenters. The van der Waals surface area contributed by atoms with Crippen LogP contribution < -0.4 is 5.32 Å². The third-order valence-corrected chi connectivity index (χ3v) is 4.55. The van der Waals surface area contributed by atoms with Crippen LogP contribution in [0.2, 0.25) is 0 Å². The highest BCUT2D eigenvalue weighted by Gasteiger charge is 2.14. The highest BCUT2D eigenvalue weighted by atomic mass is 32.1. The van der Waals surface area contributed by atoms with Crippen molar-refractivity contribution in [3.63, 3.8) is 0 Å². The van der Waals surface area contributed by atoms with Gasteiger partial charge in [-0.25, -0.2) is 0 Å². The maximum Gasteiger partial charge on any atom is 0.0434 e. The van der Waals surface area contributed by atoms with Gasteiger partial charge in [-0.15, -0.1) is 11.3 Å². The molecule has 0 aromatic carbocycles. The van der Waals surface area contributed by atoms with Gasteiger partial charge in [0.1, 0.15) is 0 Å². The second kappa shape index (κ2) is 7.93. The van der Waals surface area contributed by atoms with E-state index in [4.69, 9.17) is 5.11 Å². The first-order valence-electron chi connectivity index (χ1n) is 6.92. The minimum atomic E-state index is 0.297. The largest absolute Gasteiger partial charge is 0.396 e. The molecule has 1 rings (SSSR count). The molecule has 1 aromatic heterocycles. The van der Waals surface area contributed by atoms with Crippen LogP contribution in [0.25, 0.3) is 0 Å². The quantitative estimate of drug-likeness (QED) is 0.753. The van der Waals surface area contributed by atoms with Crippen molar-refractivity contribution in [1.29, 1.82) is 0 Å². The summed E-state index contributed by atoms with van der Waals surface area (Å²) in [5.74, 6) is 1.28. The maximum atomic E-state index is 9.12. The Morgan fingerprint density at radius 2 is 2.06 bits per heavy atom. The molecule has 0 aliphatic rings. The van der Waals surface area contributed by atoms with E-state index in [1.807, 2.05) is 11.3 Å². The van der Waals surface area contributed by atoms with E-state index in [9.17, 15) is 0 Å². The lowest BCUT2D eigenvalue weighted by atomic mass is 9.94. The average Bonchev–Trinajstić information content (AvgIpc) is 2.71. The summed E-state index contributed by atoms with van der Waals surface area (Å²) >= 11 is 1.82. The van der Waals surface area contributed by atoms with Crippen LogP contribution in [0.4, 0.5) is 0 Å². The van der Waals surface area contributed by atoms with E-state index in [0.717, 1.165) is 13.0 Å². The Balaban J connectivity index is 2.44. The molecule has 0 aliphatic carbocycles. The Kier molecular flexibility index (Phi) is 6.90. The number of hydrogen-bond donors (Lipinski definition) is 2. The summed E-state index contributed by atoms with van der Waals surface area (Å²) in [7, 11) is 0. The van der Waals surface area contributed by atoms with Gasteiger partial charge in [0.15, 0.2) is 0 Å². The lowest BCUT2D eigenvalue weighted by molar-refractivity contribution is 0.237. The van der Waals surface area contributed by atoms with Gasteiger partial charge in [0.25, 0.3) is 0 Å².